The Kier molecular flexibility index (Phi) is 4.36. The van der Waals surface area contributed by atoms with Gasteiger partial charge in [0, 0.05) is 22.4 Å². The summed E-state index contributed by atoms with van der Waals surface area (Å²) in [5, 5.41) is 5.76. The topological polar surface area (TPSA) is 67.9 Å². The van der Waals surface area contributed by atoms with Gasteiger partial charge in [-0.05, 0) is 43.8 Å². The standard InChI is InChI=1S/C23H26N2O4S/c1-23(2,3)29-22(27)25-19-12-8-5-6-9-13(12)24-18(14-10-7-11-30-14)16(19)15-17(20(15)25)21(26)28-4/h5-11,15-20,24H,1-4H3/t15-,16-,17?,18+,19+,20-/m1/s1. The highest BCUT2D eigenvalue weighted by molar-refractivity contribution is 7.10. The SMILES string of the molecule is COC(=O)C1[C@H]2[C@@H]3[C@H](c4cccs4)Nc4ccccc4[C@@H]3N(C(=O)OC(C)(C)C)[C@@H]12. The van der Waals surface area contributed by atoms with Crippen LogP contribution in [0.25, 0.3) is 0 Å². The van der Waals surface area contributed by atoms with Crippen LogP contribution < -0.4 is 5.32 Å². The van der Waals surface area contributed by atoms with Crippen molar-refractivity contribution in [3.63, 3.8) is 0 Å². The molecule has 3 heterocycles. The minimum Gasteiger partial charge on any atom is -0.469 e. The molecular formula is C23H26N2O4S. The second kappa shape index (κ2) is 6.74. The van der Waals surface area contributed by atoms with Crippen LogP contribution in [0.2, 0.25) is 0 Å². The van der Waals surface area contributed by atoms with Gasteiger partial charge in [0.25, 0.3) is 0 Å². The zero-order chi connectivity index (χ0) is 21.2. The van der Waals surface area contributed by atoms with Crippen molar-refractivity contribution in [1.29, 1.82) is 0 Å². The lowest BCUT2D eigenvalue weighted by Gasteiger charge is -2.42. The molecule has 1 aromatic heterocycles. The van der Waals surface area contributed by atoms with Crippen LogP contribution in [0.4, 0.5) is 10.5 Å². The van der Waals surface area contributed by atoms with Crippen LogP contribution in [0.15, 0.2) is 41.8 Å². The van der Waals surface area contributed by atoms with Gasteiger partial charge in [-0.15, -0.1) is 11.3 Å². The number of rotatable bonds is 2. The van der Waals surface area contributed by atoms with Crippen molar-refractivity contribution in [3.05, 3.63) is 52.2 Å². The number of carbonyl (C=O) groups excluding carboxylic acids is 2. The Morgan fingerprint density at radius 2 is 1.87 bits per heavy atom. The smallest absolute Gasteiger partial charge is 0.411 e. The molecule has 6 atom stereocenters. The first kappa shape index (κ1) is 19.4. The van der Waals surface area contributed by atoms with Crippen molar-refractivity contribution in [3.8, 4) is 0 Å². The van der Waals surface area contributed by atoms with Crippen LogP contribution in [0.3, 0.4) is 0 Å². The maximum Gasteiger partial charge on any atom is 0.411 e. The molecule has 0 bridgehead atoms. The summed E-state index contributed by atoms with van der Waals surface area (Å²) < 4.78 is 10.9. The Morgan fingerprint density at radius 1 is 1.10 bits per heavy atom. The quantitative estimate of drug-likeness (QED) is 0.711. The van der Waals surface area contributed by atoms with E-state index in [2.05, 4.69) is 28.9 Å². The molecule has 0 spiro atoms. The van der Waals surface area contributed by atoms with E-state index >= 15 is 0 Å². The number of benzene rings is 1. The summed E-state index contributed by atoms with van der Waals surface area (Å²) in [6.45, 7) is 5.60. The van der Waals surface area contributed by atoms with Gasteiger partial charge in [0.2, 0.25) is 0 Å². The molecule has 1 unspecified atom stereocenters. The van der Waals surface area contributed by atoms with Gasteiger partial charge in [-0.25, -0.2) is 4.79 Å². The van der Waals surface area contributed by atoms with Crippen LogP contribution in [-0.4, -0.2) is 35.7 Å². The number of thiophene rings is 1. The van der Waals surface area contributed by atoms with Crippen LogP contribution in [-0.2, 0) is 14.3 Å². The summed E-state index contributed by atoms with van der Waals surface area (Å²) in [5.41, 5.74) is 1.50. The molecular weight excluding hydrogens is 400 g/mol. The van der Waals surface area contributed by atoms with E-state index in [0.29, 0.717) is 0 Å². The van der Waals surface area contributed by atoms with E-state index in [1.54, 1.807) is 11.3 Å². The number of hydrogen-bond donors (Lipinski definition) is 1. The third kappa shape index (κ3) is 2.90. The monoisotopic (exact) mass is 426 g/mol. The first-order valence-electron chi connectivity index (χ1n) is 10.3. The Hall–Kier alpha value is -2.54. The van der Waals surface area contributed by atoms with Crippen molar-refractivity contribution in [2.24, 2.45) is 17.8 Å². The number of esters is 1. The highest BCUT2D eigenvalue weighted by Gasteiger charge is 2.73. The number of carbonyl (C=O) groups is 2. The van der Waals surface area contributed by atoms with E-state index in [9.17, 15) is 9.59 Å². The fourth-order valence-corrected chi connectivity index (χ4v) is 6.18. The molecule has 2 aromatic rings. The first-order valence-corrected chi connectivity index (χ1v) is 11.2. The summed E-state index contributed by atoms with van der Waals surface area (Å²) in [7, 11) is 1.41. The van der Waals surface area contributed by atoms with Crippen LogP contribution in [0.5, 0.6) is 0 Å². The summed E-state index contributed by atoms with van der Waals surface area (Å²) >= 11 is 1.70. The first-order chi connectivity index (χ1) is 14.3. The van der Waals surface area contributed by atoms with E-state index in [1.165, 1.54) is 12.0 Å². The molecule has 1 saturated heterocycles. The lowest BCUT2D eigenvalue weighted by Crippen LogP contribution is -2.44. The van der Waals surface area contributed by atoms with Crippen molar-refractivity contribution in [1.82, 2.24) is 4.90 Å². The minimum atomic E-state index is -0.611. The zero-order valence-corrected chi connectivity index (χ0v) is 18.3. The van der Waals surface area contributed by atoms with Gasteiger partial charge >= 0.3 is 12.1 Å². The Labute approximate surface area is 180 Å². The molecule has 7 heteroatoms. The van der Waals surface area contributed by atoms with Crippen molar-refractivity contribution in [2.45, 2.75) is 44.5 Å². The molecule has 2 fully saturated rings. The number of nitrogens with one attached hydrogen (secondary N) is 1. The zero-order valence-electron chi connectivity index (χ0n) is 17.5. The second-order valence-electron chi connectivity index (χ2n) is 9.25. The number of methoxy groups -OCH3 is 1. The molecule has 30 heavy (non-hydrogen) atoms. The van der Waals surface area contributed by atoms with Gasteiger partial charge in [-0.2, -0.15) is 0 Å². The highest BCUT2D eigenvalue weighted by atomic mass is 32.1. The van der Waals surface area contributed by atoms with Gasteiger partial charge in [-0.1, -0.05) is 24.3 Å². The van der Waals surface area contributed by atoms with E-state index in [0.717, 1.165) is 11.3 Å². The molecule has 1 aromatic carbocycles. The largest absolute Gasteiger partial charge is 0.469 e. The Morgan fingerprint density at radius 3 is 2.53 bits per heavy atom. The van der Waals surface area contributed by atoms with Crippen LogP contribution >= 0.6 is 11.3 Å². The number of fused-ring (bicyclic) bond motifs is 5. The van der Waals surface area contributed by atoms with E-state index in [4.69, 9.17) is 9.47 Å². The molecule has 5 rings (SSSR count). The number of anilines is 1. The van der Waals surface area contributed by atoms with Gasteiger partial charge in [0.1, 0.15) is 5.60 Å². The molecule has 1 N–H and O–H groups in total. The molecule has 1 amide bonds. The van der Waals surface area contributed by atoms with Crippen molar-refractivity contribution < 1.29 is 19.1 Å². The maximum absolute atomic E-state index is 13.3. The fraction of sp³-hybridized carbons (Fsp3) is 0.478. The predicted molar refractivity (Wildman–Crippen MR) is 114 cm³/mol. The van der Waals surface area contributed by atoms with Crippen molar-refractivity contribution >= 4 is 29.1 Å². The number of hydrogen-bond acceptors (Lipinski definition) is 6. The van der Waals surface area contributed by atoms with Gasteiger partial charge in [-0.3, -0.25) is 9.69 Å². The average molecular weight is 427 g/mol. The number of para-hydroxylation sites is 1. The third-order valence-electron chi connectivity index (χ3n) is 6.37. The molecule has 6 nitrogen and oxygen atoms in total. The van der Waals surface area contributed by atoms with Crippen molar-refractivity contribution in [2.75, 3.05) is 12.4 Å². The Balaban J connectivity index is 1.61. The second-order valence-corrected chi connectivity index (χ2v) is 10.2. The predicted octanol–water partition coefficient (Wildman–Crippen LogP) is 4.61. The summed E-state index contributed by atoms with van der Waals surface area (Å²) in [6.07, 6.45) is -0.363. The van der Waals surface area contributed by atoms with Gasteiger partial charge in [0.05, 0.1) is 31.2 Å². The number of likely N-dealkylation sites (tertiary alicyclic amines) is 1. The van der Waals surface area contributed by atoms with Gasteiger partial charge < -0.3 is 14.8 Å². The molecule has 158 valence electrons. The number of amides is 1. The van der Waals surface area contributed by atoms with E-state index in [1.807, 2.05) is 43.9 Å². The summed E-state index contributed by atoms with van der Waals surface area (Å²) in [4.78, 5) is 28.9. The maximum atomic E-state index is 13.3. The lowest BCUT2D eigenvalue weighted by molar-refractivity contribution is -0.143. The average Bonchev–Trinajstić information content (AvgIpc) is 3.06. The highest BCUT2D eigenvalue weighted by Crippen LogP contribution is 2.67. The van der Waals surface area contributed by atoms with E-state index in [-0.39, 0.29) is 47.9 Å². The number of ether oxygens (including phenoxy) is 2. The fourth-order valence-electron chi connectivity index (χ4n) is 5.35. The molecule has 1 saturated carbocycles. The Bertz CT molecular complexity index is 983. The number of piperidine rings is 1. The van der Waals surface area contributed by atoms with Crippen LogP contribution in [0.1, 0.15) is 43.3 Å². The third-order valence-corrected chi connectivity index (χ3v) is 7.32. The molecule has 0 radical (unpaired) electrons. The molecule has 2 aliphatic heterocycles. The summed E-state index contributed by atoms with van der Waals surface area (Å²) in [6, 6.07) is 12.0. The molecule has 3 aliphatic rings. The van der Waals surface area contributed by atoms with Gasteiger partial charge in [0.15, 0.2) is 0 Å². The minimum absolute atomic E-state index is 0.0273. The van der Waals surface area contributed by atoms with Crippen LogP contribution in [0, 0.1) is 17.8 Å². The van der Waals surface area contributed by atoms with E-state index < -0.39 is 5.60 Å². The summed E-state index contributed by atoms with van der Waals surface area (Å²) in [5.74, 6) is -0.442. The molecule has 1 aliphatic carbocycles. The normalized spacial score (nSPS) is 31.1. The lowest BCUT2D eigenvalue weighted by atomic mass is 9.79. The number of nitrogens with zero attached hydrogens (tertiary/aromatic N) is 1.